The number of rotatable bonds is 24. The molecule has 17 nitrogen and oxygen atoms in total. The lowest BCUT2D eigenvalue weighted by molar-refractivity contribution is -0.118. The number of anilines is 4. The molecule has 0 bridgehead atoms. The summed E-state index contributed by atoms with van der Waals surface area (Å²) in [6, 6.07) is 10.4. The van der Waals surface area contributed by atoms with Crippen molar-refractivity contribution in [3.8, 4) is 0 Å². The van der Waals surface area contributed by atoms with E-state index in [0.717, 1.165) is 0 Å². The molecule has 0 heterocycles. The van der Waals surface area contributed by atoms with Gasteiger partial charge in [0.25, 0.3) is 5.91 Å². The molecule has 0 aromatic heterocycles. The average Bonchev–Trinajstić information content (AvgIpc) is 3.17. The highest BCUT2D eigenvalue weighted by Gasteiger charge is 2.20. The van der Waals surface area contributed by atoms with Gasteiger partial charge in [0, 0.05) is 56.7 Å². The van der Waals surface area contributed by atoms with Gasteiger partial charge in [-0.15, -0.1) is 30.1 Å². The Morgan fingerprint density at radius 2 is 1.12 bits per heavy atom. The van der Waals surface area contributed by atoms with Crippen LogP contribution in [0, 0.1) is 5.92 Å². The van der Waals surface area contributed by atoms with Crippen LogP contribution in [-0.2, 0) is 19.2 Å². The van der Waals surface area contributed by atoms with Gasteiger partial charge in [0.1, 0.15) is 5.70 Å². The Kier molecular flexibility index (Phi) is 26.0. The lowest BCUT2D eigenvalue weighted by atomic mass is 10.1. The predicted molar refractivity (Wildman–Crippen MR) is 243 cm³/mol. The van der Waals surface area contributed by atoms with Crippen molar-refractivity contribution in [3.05, 3.63) is 60.8 Å². The number of guanidine groups is 2. The first kappa shape index (κ1) is 50.6. The number of carbonyl (C=O) groups excluding carboxylic acids is 4. The smallest absolute Gasteiger partial charge is 0.273 e. The zero-order valence-electron chi connectivity index (χ0n) is 33.7. The Hall–Kier alpha value is -5.37. The van der Waals surface area contributed by atoms with Crippen LogP contribution in [0.4, 0.5) is 22.7 Å². The molecule has 16 N–H and O–H groups in total. The minimum absolute atomic E-state index is 0.00637. The largest absolute Gasteiger partial charge is 0.370 e. The van der Waals surface area contributed by atoms with Gasteiger partial charge in [-0.25, -0.2) is 0 Å². The Morgan fingerprint density at radius 1 is 0.707 bits per heavy atom. The molecule has 4 amide bonds. The summed E-state index contributed by atoms with van der Waals surface area (Å²) in [5.74, 6) is -1.08. The summed E-state index contributed by atoms with van der Waals surface area (Å²) in [4.78, 5) is 66.1. The minimum atomic E-state index is -0.802. The molecule has 0 radical (unpaired) electrons. The van der Waals surface area contributed by atoms with E-state index in [9.17, 15) is 19.2 Å². The van der Waals surface area contributed by atoms with Crippen LogP contribution < -0.4 is 55.7 Å². The number of thioether (sulfide) groups is 2. The monoisotopic (exact) mass is 839 g/mol. The standard InChI is InChI=1S/C36H55N13O4S2.C3H6/c1-3-43-28(34(53)49-27-13-9-11-25(32(27)55-21-17-38)47-30(51)15-5-7-19-45-36(41)42)22-23(2)33(52)48-26-12-8-10-24(31(26)54-20-16-37)46-29(50)14-4-6-18-44-35(39)40;1-3-2/h3,8-13,22-23H,4-7,14-21,37-38H2,1-2H3,(H,46,50)(H,47,51)(H,48,52)(H,49,53)(H4,39,40,44)(H4,41,42,45);3H,1H2,2H3/b28-22-,43-3?;. The second-order valence-electron chi connectivity index (χ2n) is 12.3. The molecule has 0 spiro atoms. The number of benzene rings is 2. The average molecular weight is 840 g/mol. The molecule has 318 valence electrons. The molecule has 1 atom stereocenters. The molecule has 0 aliphatic carbocycles. The van der Waals surface area contributed by atoms with Gasteiger partial charge in [0.2, 0.25) is 17.7 Å². The molecule has 58 heavy (non-hydrogen) atoms. The molecule has 19 heteroatoms. The highest BCUT2D eigenvalue weighted by Crippen LogP contribution is 2.36. The maximum Gasteiger partial charge on any atom is 0.273 e. The molecule has 2 rings (SSSR count). The number of nitrogens with zero attached hydrogens (tertiary/aromatic N) is 3. The first-order valence-corrected chi connectivity index (χ1v) is 20.8. The molecule has 0 saturated carbocycles. The van der Waals surface area contributed by atoms with Gasteiger partial charge in [-0.2, -0.15) is 0 Å². The number of hydrogen-bond acceptors (Lipinski definition) is 11. The number of unbranched alkanes of at least 4 members (excludes halogenated alkanes) is 2. The first-order chi connectivity index (χ1) is 27.8. The molecule has 2 aromatic carbocycles. The molecule has 0 saturated heterocycles. The quantitative estimate of drug-likeness (QED) is 0.0180. The number of allylic oxidation sites excluding steroid dienone is 1. The third-order valence-electron chi connectivity index (χ3n) is 7.35. The molecular weight excluding hydrogens is 779 g/mol. The summed E-state index contributed by atoms with van der Waals surface area (Å²) in [5.41, 5.74) is 35.0. The van der Waals surface area contributed by atoms with Crippen molar-refractivity contribution in [1.29, 1.82) is 0 Å². The molecular formula is C39H61N13O4S2. The van der Waals surface area contributed by atoms with Crippen LogP contribution in [0.25, 0.3) is 0 Å². The van der Waals surface area contributed by atoms with Gasteiger partial charge >= 0.3 is 0 Å². The zero-order valence-corrected chi connectivity index (χ0v) is 35.4. The summed E-state index contributed by atoms with van der Waals surface area (Å²) in [6.45, 7) is 10.2. The third kappa shape index (κ3) is 20.7. The summed E-state index contributed by atoms with van der Waals surface area (Å²) in [5, 5.41) is 11.7. The fraction of sp³-hybridized carbons (Fsp3) is 0.410. The Labute approximate surface area is 350 Å². The van der Waals surface area contributed by atoms with Crippen molar-refractivity contribution in [2.45, 2.75) is 69.1 Å². The van der Waals surface area contributed by atoms with Crippen LogP contribution in [0.5, 0.6) is 0 Å². The first-order valence-electron chi connectivity index (χ1n) is 18.8. The number of amides is 4. The van der Waals surface area contributed by atoms with Crippen LogP contribution in [-0.4, -0.2) is 79.4 Å². The fourth-order valence-electron chi connectivity index (χ4n) is 4.80. The Bertz CT molecular complexity index is 1760. The number of aliphatic imine (C=N–C) groups is 3. The van der Waals surface area contributed by atoms with Crippen molar-refractivity contribution in [1.82, 2.24) is 0 Å². The van der Waals surface area contributed by atoms with Gasteiger partial charge < -0.3 is 55.7 Å². The van der Waals surface area contributed by atoms with Crippen LogP contribution in [0.3, 0.4) is 0 Å². The molecule has 0 fully saturated rings. The van der Waals surface area contributed by atoms with Crippen molar-refractivity contribution in [3.63, 3.8) is 0 Å². The predicted octanol–water partition coefficient (Wildman–Crippen LogP) is 3.93. The van der Waals surface area contributed by atoms with Crippen molar-refractivity contribution in [2.75, 3.05) is 59.0 Å². The van der Waals surface area contributed by atoms with Crippen LogP contribution in [0.2, 0.25) is 0 Å². The lowest BCUT2D eigenvalue weighted by Crippen LogP contribution is -2.23. The maximum absolute atomic E-state index is 13.6. The Morgan fingerprint density at radius 3 is 1.52 bits per heavy atom. The summed E-state index contributed by atoms with van der Waals surface area (Å²) >= 11 is 2.78. The summed E-state index contributed by atoms with van der Waals surface area (Å²) < 4.78 is 0. The van der Waals surface area contributed by atoms with Gasteiger partial charge in [0.15, 0.2) is 11.9 Å². The zero-order chi connectivity index (χ0) is 43.3. The van der Waals surface area contributed by atoms with Crippen LogP contribution >= 0.6 is 23.5 Å². The molecule has 0 aliphatic rings. The minimum Gasteiger partial charge on any atom is -0.370 e. The van der Waals surface area contributed by atoms with E-state index in [1.807, 2.05) is 6.92 Å². The summed E-state index contributed by atoms with van der Waals surface area (Å²) in [6.07, 6.45) is 7.64. The summed E-state index contributed by atoms with van der Waals surface area (Å²) in [7, 11) is 0. The SMILES string of the molecule is C=CC.CC=N/C(=C\C(C)C(=O)Nc1cccc(NC(=O)CCCCN=C(N)N)c1SCCN)C(=O)Nc1cccc(NC(=O)CCCCN=C(N)N)c1SCCN. The number of nitrogens with one attached hydrogen (secondary N) is 4. The van der Waals surface area contributed by atoms with E-state index < -0.39 is 17.7 Å². The van der Waals surface area contributed by atoms with E-state index >= 15 is 0 Å². The van der Waals surface area contributed by atoms with Crippen LogP contribution in [0.15, 0.2) is 85.6 Å². The lowest BCUT2D eigenvalue weighted by Gasteiger charge is -2.18. The fourth-order valence-corrected chi connectivity index (χ4v) is 6.54. The van der Waals surface area contributed by atoms with Crippen molar-refractivity contribution < 1.29 is 19.2 Å². The van der Waals surface area contributed by atoms with E-state index in [4.69, 9.17) is 34.4 Å². The van der Waals surface area contributed by atoms with Crippen LogP contribution in [0.1, 0.15) is 59.3 Å². The van der Waals surface area contributed by atoms with Gasteiger partial charge in [-0.3, -0.25) is 34.2 Å². The van der Waals surface area contributed by atoms with Crippen molar-refractivity contribution in [2.24, 2.45) is 55.3 Å². The van der Waals surface area contributed by atoms with Gasteiger partial charge in [0.05, 0.1) is 38.5 Å². The van der Waals surface area contributed by atoms with E-state index in [-0.39, 0.29) is 42.3 Å². The van der Waals surface area contributed by atoms with Gasteiger partial charge in [-0.1, -0.05) is 18.2 Å². The molecule has 2 aromatic rings. The second-order valence-corrected chi connectivity index (χ2v) is 14.6. The Balaban J connectivity index is 0.00000542. The number of nitrogens with two attached hydrogens (primary N) is 6. The van der Waals surface area contributed by atoms with E-state index in [1.54, 1.807) is 56.3 Å². The molecule has 0 aliphatic heterocycles. The third-order valence-corrected chi connectivity index (χ3v) is 9.68. The number of hydrogen-bond donors (Lipinski definition) is 10. The number of carbonyl (C=O) groups is 4. The highest BCUT2D eigenvalue weighted by molar-refractivity contribution is 7.99. The molecule has 1 unspecified atom stereocenters. The van der Waals surface area contributed by atoms with Crippen molar-refractivity contribution >= 4 is 88.0 Å². The highest BCUT2D eigenvalue weighted by atomic mass is 32.2. The van der Waals surface area contributed by atoms with E-state index in [1.165, 1.54) is 35.8 Å². The van der Waals surface area contributed by atoms with E-state index in [2.05, 4.69) is 42.8 Å². The second kappa shape index (κ2) is 29.8. The van der Waals surface area contributed by atoms with E-state index in [0.29, 0.717) is 95.9 Å². The van der Waals surface area contributed by atoms with Gasteiger partial charge in [-0.05, 0) is 76.8 Å². The topological polar surface area (TPSA) is 310 Å². The maximum atomic E-state index is 13.6. The normalized spacial score (nSPS) is 11.4.